The van der Waals surface area contributed by atoms with Gasteiger partial charge in [0.1, 0.15) is 6.54 Å². The molecule has 0 aliphatic rings. The minimum absolute atomic E-state index is 0.0616. The first kappa shape index (κ1) is 15.1. The molecule has 4 nitrogen and oxygen atoms in total. The summed E-state index contributed by atoms with van der Waals surface area (Å²) in [6, 6.07) is 2.79. The molecule has 0 unspecified atom stereocenters. The van der Waals surface area contributed by atoms with Crippen molar-refractivity contribution < 1.29 is 22.7 Å². The van der Waals surface area contributed by atoms with Crippen molar-refractivity contribution in [3.8, 4) is 0 Å². The van der Waals surface area contributed by atoms with Gasteiger partial charge in [-0.1, -0.05) is 0 Å². The lowest BCUT2D eigenvalue weighted by Gasteiger charge is -2.22. The summed E-state index contributed by atoms with van der Waals surface area (Å²) in [6.07, 6.45) is -4.32. The normalized spacial score (nSPS) is 11.3. The van der Waals surface area contributed by atoms with Crippen molar-refractivity contribution >= 4 is 17.3 Å². The second-order valence-electron chi connectivity index (χ2n) is 4.19. The number of benzene rings is 1. The molecule has 0 aliphatic heterocycles. The number of esters is 1. The van der Waals surface area contributed by atoms with E-state index in [-0.39, 0.29) is 16.9 Å². The summed E-state index contributed by atoms with van der Waals surface area (Å²) < 4.78 is 41.6. The quantitative estimate of drug-likeness (QED) is 0.680. The number of ether oxygens (including phenoxy) is 1. The van der Waals surface area contributed by atoms with Crippen molar-refractivity contribution in [3.63, 3.8) is 0 Å². The van der Waals surface area contributed by atoms with Crippen molar-refractivity contribution in [3.05, 3.63) is 23.3 Å². The third-order valence-corrected chi connectivity index (χ3v) is 2.63. The highest BCUT2D eigenvalue weighted by Crippen LogP contribution is 2.27. The van der Waals surface area contributed by atoms with E-state index < -0.39 is 18.7 Å². The SMILES string of the molecule is COC(=O)c1cc(N(C)CC(F)(F)F)cc(C)c1N. The fourth-order valence-corrected chi connectivity index (χ4v) is 1.64. The Morgan fingerprint density at radius 3 is 2.47 bits per heavy atom. The molecule has 106 valence electrons. The van der Waals surface area contributed by atoms with E-state index in [9.17, 15) is 18.0 Å². The molecular formula is C12H15F3N2O2. The lowest BCUT2D eigenvalue weighted by molar-refractivity contribution is -0.119. The van der Waals surface area contributed by atoms with Crippen molar-refractivity contribution in [2.24, 2.45) is 0 Å². The van der Waals surface area contributed by atoms with Gasteiger partial charge in [-0.2, -0.15) is 13.2 Å². The van der Waals surface area contributed by atoms with E-state index >= 15 is 0 Å². The fraction of sp³-hybridized carbons (Fsp3) is 0.417. The maximum atomic E-state index is 12.3. The molecule has 0 radical (unpaired) electrons. The first-order valence-corrected chi connectivity index (χ1v) is 5.42. The Morgan fingerprint density at radius 1 is 1.42 bits per heavy atom. The highest BCUT2D eigenvalue weighted by Gasteiger charge is 2.30. The van der Waals surface area contributed by atoms with Crippen LogP contribution in [0.2, 0.25) is 0 Å². The van der Waals surface area contributed by atoms with Crippen molar-refractivity contribution in [1.82, 2.24) is 0 Å². The summed E-state index contributed by atoms with van der Waals surface area (Å²) in [7, 11) is 2.47. The number of anilines is 2. The molecule has 0 heterocycles. The average Bonchev–Trinajstić information content (AvgIpc) is 2.29. The number of carbonyl (C=O) groups is 1. The van der Waals surface area contributed by atoms with E-state index in [1.165, 1.54) is 26.3 Å². The van der Waals surface area contributed by atoms with Gasteiger partial charge in [0.25, 0.3) is 0 Å². The maximum absolute atomic E-state index is 12.3. The molecule has 0 aromatic heterocycles. The van der Waals surface area contributed by atoms with Crippen LogP contribution in [0.3, 0.4) is 0 Å². The molecular weight excluding hydrogens is 261 g/mol. The zero-order chi connectivity index (χ0) is 14.8. The number of aryl methyl sites for hydroxylation is 1. The largest absolute Gasteiger partial charge is 0.465 e. The van der Waals surface area contributed by atoms with Crippen molar-refractivity contribution in [1.29, 1.82) is 0 Å². The first-order valence-electron chi connectivity index (χ1n) is 5.42. The van der Waals surface area contributed by atoms with Gasteiger partial charge in [-0.25, -0.2) is 4.79 Å². The van der Waals surface area contributed by atoms with Gasteiger partial charge in [0.2, 0.25) is 0 Å². The van der Waals surface area contributed by atoms with Crippen LogP contribution in [0.1, 0.15) is 15.9 Å². The predicted octanol–water partition coefficient (Wildman–Crippen LogP) is 2.36. The fourth-order valence-electron chi connectivity index (χ4n) is 1.64. The summed E-state index contributed by atoms with van der Waals surface area (Å²) in [5, 5.41) is 0. The monoisotopic (exact) mass is 276 g/mol. The van der Waals surface area contributed by atoms with Gasteiger partial charge in [-0.05, 0) is 24.6 Å². The van der Waals surface area contributed by atoms with Crippen molar-refractivity contribution in [2.45, 2.75) is 13.1 Å². The molecule has 0 bridgehead atoms. The summed E-state index contributed by atoms with van der Waals surface area (Å²) in [5.41, 5.74) is 6.75. The minimum Gasteiger partial charge on any atom is -0.465 e. The molecule has 7 heteroatoms. The molecule has 0 spiro atoms. The Labute approximate surface area is 108 Å². The zero-order valence-corrected chi connectivity index (χ0v) is 10.8. The molecule has 0 aliphatic carbocycles. The van der Waals surface area contributed by atoms with Crippen LogP contribution in [0.15, 0.2) is 12.1 Å². The number of alkyl halides is 3. The molecule has 0 atom stereocenters. The standard InChI is InChI=1S/C12H15F3N2O2/c1-7-4-8(17(2)6-12(13,14)15)5-9(10(7)16)11(18)19-3/h4-5H,6,16H2,1-3H3. The van der Waals surface area contributed by atoms with Crippen LogP contribution in [0.4, 0.5) is 24.5 Å². The number of methoxy groups -OCH3 is 1. The van der Waals surface area contributed by atoms with Gasteiger partial charge in [0.15, 0.2) is 0 Å². The summed E-state index contributed by atoms with van der Waals surface area (Å²) in [4.78, 5) is 12.5. The van der Waals surface area contributed by atoms with E-state index in [4.69, 9.17) is 5.73 Å². The number of hydrogen-bond acceptors (Lipinski definition) is 4. The van der Waals surface area contributed by atoms with Crippen LogP contribution in [0.25, 0.3) is 0 Å². The summed E-state index contributed by atoms with van der Waals surface area (Å²) >= 11 is 0. The van der Waals surface area contributed by atoms with E-state index in [2.05, 4.69) is 4.74 Å². The Balaban J connectivity index is 3.16. The Morgan fingerprint density at radius 2 is 2.00 bits per heavy atom. The minimum atomic E-state index is -4.32. The maximum Gasteiger partial charge on any atom is 0.405 e. The van der Waals surface area contributed by atoms with Gasteiger partial charge >= 0.3 is 12.1 Å². The van der Waals surface area contributed by atoms with E-state index in [1.807, 2.05) is 0 Å². The molecule has 1 aromatic rings. The van der Waals surface area contributed by atoms with Gasteiger partial charge < -0.3 is 15.4 Å². The molecule has 0 saturated carbocycles. The van der Waals surface area contributed by atoms with Gasteiger partial charge in [-0.15, -0.1) is 0 Å². The van der Waals surface area contributed by atoms with Gasteiger partial charge in [0.05, 0.1) is 12.7 Å². The number of nitrogen functional groups attached to an aromatic ring is 1. The lowest BCUT2D eigenvalue weighted by Crippen LogP contribution is -2.31. The van der Waals surface area contributed by atoms with Crippen LogP contribution in [0.5, 0.6) is 0 Å². The topological polar surface area (TPSA) is 55.6 Å². The molecule has 0 fully saturated rings. The van der Waals surface area contributed by atoms with E-state index in [0.717, 1.165) is 4.90 Å². The van der Waals surface area contributed by atoms with E-state index in [1.54, 1.807) is 6.92 Å². The Hall–Kier alpha value is -1.92. The number of rotatable bonds is 3. The Kier molecular flexibility index (Phi) is 4.28. The number of nitrogens with two attached hydrogens (primary N) is 1. The zero-order valence-electron chi connectivity index (χ0n) is 10.8. The molecule has 19 heavy (non-hydrogen) atoms. The summed E-state index contributed by atoms with van der Waals surface area (Å²) in [6.45, 7) is 0.504. The van der Waals surface area contributed by atoms with Crippen LogP contribution < -0.4 is 10.6 Å². The molecule has 0 amide bonds. The van der Waals surface area contributed by atoms with Gasteiger partial charge in [-0.3, -0.25) is 0 Å². The molecule has 2 N–H and O–H groups in total. The predicted molar refractivity (Wildman–Crippen MR) is 66.3 cm³/mol. The smallest absolute Gasteiger partial charge is 0.405 e. The first-order chi connectivity index (χ1) is 8.65. The highest BCUT2D eigenvalue weighted by molar-refractivity contribution is 5.97. The van der Waals surface area contributed by atoms with E-state index in [0.29, 0.717) is 5.56 Å². The molecule has 1 rings (SSSR count). The summed E-state index contributed by atoms with van der Waals surface area (Å²) in [5.74, 6) is -0.678. The van der Waals surface area contributed by atoms with Crippen LogP contribution >= 0.6 is 0 Å². The van der Waals surface area contributed by atoms with Gasteiger partial charge in [0, 0.05) is 18.4 Å². The number of hydrogen-bond donors (Lipinski definition) is 1. The third-order valence-electron chi connectivity index (χ3n) is 2.63. The lowest BCUT2D eigenvalue weighted by atomic mass is 10.1. The molecule has 0 saturated heterocycles. The van der Waals surface area contributed by atoms with Crippen LogP contribution in [-0.2, 0) is 4.74 Å². The van der Waals surface area contributed by atoms with Crippen LogP contribution in [0, 0.1) is 6.92 Å². The Bertz CT molecular complexity index is 487. The second-order valence-corrected chi connectivity index (χ2v) is 4.19. The van der Waals surface area contributed by atoms with Crippen LogP contribution in [-0.4, -0.2) is 32.8 Å². The van der Waals surface area contributed by atoms with Crippen molar-refractivity contribution in [2.75, 3.05) is 31.3 Å². The number of carbonyl (C=O) groups excluding carboxylic acids is 1. The third kappa shape index (κ3) is 3.77. The number of nitrogens with zero attached hydrogens (tertiary/aromatic N) is 1. The number of halogens is 3. The highest BCUT2D eigenvalue weighted by atomic mass is 19.4. The molecule has 1 aromatic carbocycles. The second kappa shape index (κ2) is 5.38. The average molecular weight is 276 g/mol.